The summed E-state index contributed by atoms with van der Waals surface area (Å²) in [7, 11) is 4.08. The molecule has 2 atom stereocenters. The Balaban J connectivity index is 1.47. The predicted molar refractivity (Wildman–Crippen MR) is 89.1 cm³/mol. The van der Waals surface area contributed by atoms with Crippen molar-refractivity contribution >= 4 is 5.91 Å². The lowest BCUT2D eigenvalue weighted by atomic mass is 10.0. The van der Waals surface area contributed by atoms with Crippen LogP contribution in [0.2, 0.25) is 0 Å². The number of aromatic nitrogens is 2. The van der Waals surface area contributed by atoms with E-state index < -0.39 is 0 Å². The van der Waals surface area contributed by atoms with Crippen LogP contribution in [0.1, 0.15) is 18.0 Å². The highest BCUT2D eigenvalue weighted by Gasteiger charge is 2.33. The Bertz CT molecular complexity index is 536. The first-order chi connectivity index (χ1) is 11.0. The summed E-state index contributed by atoms with van der Waals surface area (Å²) < 4.78 is 1.96. The lowest BCUT2D eigenvalue weighted by Crippen LogP contribution is -2.47. The van der Waals surface area contributed by atoms with Gasteiger partial charge in [-0.3, -0.25) is 4.79 Å². The first-order valence-electron chi connectivity index (χ1n) is 8.45. The molecular weight excluding hydrogens is 292 g/mol. The maximum Gasteiger partial charge on any atom is 0.223 e. The first-order valence-corrected chi connectivity index (χ1v) is 8.45. The summed E-state index contributed by atoms with van der Waals surface area (Å²) in [6.07, 6.45) is 4.45. The van der Waals surface area contributed by atoms with Crippen LogP contribution in [0.4, 0.5) is 0 Å². The van der Waals surface area contributed by atoms with E-state index in [9.17, 15) is 4.79 Å². The number of piperazine rings is 1. The van der Waals surface area contributed by atoms with Crippen LogP contribution in [0.15, 0.2) is 12.5 Å². The molecule has 2 aliphatic heterocycles. The summed E-state index contributed by atoms with van der Waals surface area (Å²) in [6, 6.07) is 0.101. The Morgan fingerprint density at radius 1 is 1.26 bits per heavy atom. The Morgan fingerprint density at radius 3 is 2.65 bits per heavy atom. The van der Waals surface area contributed by atoms with Gasteiger partial charge in [-0.05, 0) is 7.05 Å². The third-order valence-corrected chi connectivity index (χ3v) is 5.04. The number of imidazole rings is 1. The zero-order valence-electron chi connectivity index (χ0n) is 14.2. The maximum absolute atomic E-state index is 12.3. The van der Waals surface area contributed by atoms with Crippen molar-refractivity contribution in [3.05, 3.63) is 18.2 Å². The van der Waals surface area contributed by atoms with Crippen molar-refractivity contribution in [3.8, 4) is 0 Å². The molecule has 1 amide bonds. The molecule has 0 spiro atoms. The van der Waals surface area contributed by atoms with E-state index in [0.29, 0.717) is 6.42 Å². The Labute approximate surface area is 138 Å². The molecule has 1 aromatic heterocycles. The fourth-order valence-corrected chi connectivity index (χ4v) is 3.50. The summed E-state index contributed by atoms with van der Waals surface area (Å²) in [4.78, 5) is 23.3. The SMILES string of the molecule is CN1CCN(C(=O)CCN2C[C@@H](N)[C@H](c3cn(C)cn3)C2)CC1. The molecule has 2 fully saturated rings. The van der Waals surface area contributed by atoms with Crippen molar-refractivity contribution in [2.24, 2.45) is 12.8 Å². The van der Waals surface area contributed by atoms with Gasteiger partial charge in [-0.25, -0.2) is 4.98 Å². The van der Waals surface area contributed by atoms with Crippen molar-refractivity contribution < 1.29 is 4.79 Å². The van der Waals surface area contributed by atoms with E-state index in [0.717, 1.165) is 51.5 Å². The monoisotopic (exact) mass is 320 g/mol. The van der Waals surface area contributed by atoms with E-state index >= 15 is 0 Å². The Kier molecular flexibility index (Phi) is 4.99. The van der Waals surface area contributed by atoms with E-state index in [-0.39, 0.29) is 17.9 Å². The van der Waals surface area contributed by atoms with Crippen LogP contribution in [0.25, 0.3) is 0 Å². The minimum Gasteiger partial charge on any atom is -0.340 e. The van der Waals surface area contributed by atoms with Gasteiger partial charge in [0.1, 0.15) is 0 Å². The Hall–Kier alpha value is -1.44. The molecule has 1 aromatic rings. The predicted octanol–water partition coefficient (Wildman–Crippen LogP) is -0.689. The smallest absolute Gasteiger partial charge is 0.223 e. The third-order valence-electron chi connectivity index (χ3n) is 5.04. The zero-order valence-corrected chi connectivity index (χ0v) is 14.2. The third kappa shape index (κ3) is 3.91. The van der Waals surface area contributed by atoms with Gasteiger partial charge >= 0.3 is 0 Å². The molecule has 7 nitrogen and oxygen atoms in total. The lowest BCUT2D eigenvalue weighted by molar-refractivity contribution is -0.133. The molecule has 3 rings (SSSR count). The highest BCUT2D eigenvalue weighted by Crippen LogP contribution is 2.25. The Morgan fingerprint density at radius 2 is 2.00 bits per heavy atom. The first kappa shape index (κ1) is 16.4. The number of carbonyl (C=O) groups is 1. The molecule has 0 bridgehead atoms. The number of hydrogen-bond donors (Lipinski definition) is 1. The summed E-state index contributed by atoms with van der Waals surface area (Å²) in [6.45, 7) is 6.19. The normalized spacial score (nSPS) is 26.8. The van der Waals surface area contributed by atoms with Crippen LogP contribution < -0.4 is 5.73 Å². The number of aryl methyl sites for hydroxylation is 1. The molecule has 0 saturated carbocycles. The molecule has 128 valence electrons. The van der Waals surface area contributed by atoms with Gasteiger partial charge < -0.3 is 25.0 Å². The molecule has 3 heterocycles. The second-order valence-corrected chi connectivity index (χ2v) is 6.93. The van der Waals surface area contributed by atoms with Crippen LogP contribution in [-0.2, 0) is 11.8 Å². The van der Waals surface area contributed by atoms with Gasteiger partial charge in [0.15, 0.2) is 0 Å². The number of rotatable bonds is 4. The van der Waals surface area contributed by atoms with Gasteiger partial charge in [0, 0.05) is 77.4 Å². The van der Waals surface area contributed by atoms with Crippen molar-refractivity contribution in [1.82, 2.24) is 24.3 Å². The van der Waals surface area contributed by atoms with Crippen LogP contribution >= 0.6 is 0 Å². The van der Waals surface area contributed by atoms with Gasteiger partial charge in [-0.2, -0.15) is 0 Å². The van der Waals surface area contributed by atoms with Crippen molar-refractivity contribution in [3.63, 3.8) is 0 Å². The van der Waals surface area contributed by atoms with Gasteiger partial charge in [-0.1, -0.05) is 0 Å². The van der Waals surface area contributed by atoms with Gasteiger partial charge in [0.05, 0.1) is 12.0 Å². The van der Waals surface area contributed by atoms with Gasteiger partial charge in [0.25, 0.3) is 0 Å². The number of hydrogen-bond acceptors (Lipinski definition) is 5. The molecule has 0 aromatic carbocycles. The van der Waals surface area contributed by atoms with Gasteiger partial charge in [-0.15, -0.1) is 0 Å². The topological polar surface area (TPSA) is 70.6 Å². The maximum atomic E-state index is 12.3. The average molecular weight is 320 g/mol. The minimum absolute atomic E-state index is 0.101. The fraction of sp³-hybridized carbons (Fsp3) is 0.750. The second-order valence-electron chi connectivity index (χ2n) is 6.93. The largest absolute Gasteiger partial charge is 0.340 e. The molecule has 0 unspecified atom stereocenters. The van der Waals surface area contributed by atoms with Crippen LogP contribution in [0.3, 0.4) is 0 Å². The molecule has 23 heavy (non-hydrogen) atoms. The quantitative estimate of drug-likeness (QED) is 0.795. The summed E-state index contributed by atoms with van der Waals surface area (Å²) >= 11 is 0. The van der Waals surface area contributed by atoms with E-state index in [1.807, 2.05) is 29.0 Å². The summed E-state index contributed by atoms with van der Waals surface area (Å²) in [5, 5.41) is 0. The fourth-order valence-electron chi connectivity index (χ4n) is 3.50. The molecule has 2 aliphatic rings. The molecular formula is C16H28N6O. The van der Waals surface area contributed by atoms with Crippen molar-refractivity contribution in [1.29, 1.82) is 0 Å². The minimum atomic E-state index is 0.101. The number of carbonyl (C=O) groups excluding carboxylic acids is 1. The van der Waals surface area contributed by atoms with E-state index in [4.69, 9.17) is 5.73 Å². The molecule has 0 radical (unpaired) electrons. The average Bonchev–Trinajstić information content (AvgIpc) is 3.11. The molecule has 0 aliphatic carbocycles. The summed E-state index contributed by atoms with van der Waals surface area (Å²) in [5.41, 5.74) is 7.35. The molecule has 2 saturated heterocycles. The number of nitrogens with two attached hydrogens (primary N) is 1. The number of amides is 1. The number of nitrogens with zero attached hydrogens (tertiary/aromatic N) is 5. The van der Waals surface area contributed by atoms with Crippen molar-refractivity contribution in [2.45, 2.75) is 18.4 Å². The van der Waals surface area contributed by atoms with E-state index in [1.54, 1.807) is 0 Å². The second kappa shape index (κ2) is 6.98. The highest BCUT2D eigenvalue weighted by atomic mass is 16.2. The molecule has 7 heteroatoms. The van der Waals surface area contributed by atoms with Gasteiger partial charge in [0.2, 0.25) is 5.91 Å². The van der Waals surface area contributed by atoms with Crippen LogP contribution in [-0.4, -0.2) is 89.1 Å². The van der Waals surface area contributed by atoms with Crippen molar-refractivity contribution in [2.75, 3.05) is 52.9 Å². The number of likely N-dealkylation sites (tertiary alicyclic amines) is 1. The summed E-state index contributed by atoms with van der Waals surface area (Å²) in [5.74, 6) is 0.544. The van der Waals surface area contributed by atoms with E-state index in [2.05, 4.69) is 21.8 Å². The standard InChI is InChI=1S/C16H28N6O/c1-19-5-7-22(8-6-19)16(23)3-4-21-9-13(14(17)10-21)15-11-20(2)12-18-15/h11-14H,3-10,17H2,1-2H3/t13-,14-/m1/s1. The lowest BCUT2D eigenvalue weighted by Gasteiger charge is -2.32. The highest BCUT2D eigenvalue weighted by molar-refractivity contribution is 5.76. The molecule has 2 N–H and O–H groups in total. The van der Waals surface area contributed by atoms with Crippen LogP contribution in [0.5, 0.6) is 0 Å². The zero-order chi connectivity index (χ0) is 16.4. The van der Waals surface area contributed by atoms with E-state index in [1.165, 1.54) is 0 Å². The number of likely N-dealkylation sites (N-methyl/N-ethyl adjacent to an activating group) is 1. The van der Waals surface area contributed by atoms with Crippen LogP contribution in [0, 0.1) is 0 Å².